The number of carbonyl (C=O) groups excluding carboxylic acids is 3. The Hall–Kier alpha value is -2.91. The quantitative estimate of drug-likeness (QED) is 0.722. The maximum atomic E-state index is 13.1. The third-order valence-electron chi connectivity index (χ3n) is 4.87. The van der Waals surface area contributed by atoms with Gasteiger partial charge in [0.25, 0.3) is 15.9 Å². The molecule has 8 nitrogen and oxygen atoms in total. The number of halogens is 1. The zero-order valence-corrected chi connectivity index (χ0v) is 17.9. The maximum Gasteiger partial charge on any atom is 0.269 e. The summed E-state index contributed by atoms with van der Waals surface area (Å²) in [5.74, 6) is -1.86. The molecule has 158 valence electrons. The molecule has 1 atom stereocenters. The number of sulfonamides is 1. The first-order chi connectivity index (χ1) is 14.2. The molecule has 1 aliphatic rings. The predicted octanol–water partition coefficient (Wildman–Crippen LogP) is 1.65. The van der Waals surface area contributed by atoms with E-state index in [1.807, 2.05) is 0 Å². The summed E-state index contributed by atoms with van der Waals surface area (Å²) in [6.45, 7) is 0.867. The number of fused-ring (bicyclic) bond motifs is 1. The van der Waals surface area contributed by atoms with Crippen molar-refractivity contribution in [1.82, 2.24) is 14.5 Å². The highest BCUT2D eigenvalue weighted by atomic mass is 35.5. The van der Waals surface area contributed by atoms with Crippen molar-refractivity contribution in [2.45, 2.75) is 24.4 Å². The Kier molecular flexibility index (Phi) is 6.14. The fraction of sp³-hybridized carbons (Fsp3) is 0.250. The van der Waals surface area contributed by atoms with E-state index in [4.69, 9.17) is 11.6 Å². The normalized spacial score (nSPS) is 15.4. The van der Waals surface area contributed by atoms with E-state index in [1.165, 1.54) is 37.1 Å². The molecule has 0 fully saturated rings. The Morgan fingerprint density at radius 1 is 1.13 bits per heavy atom. The highest BCUT2D eigenvalue weighted by Crippen LogP contribution is 2.30. The fourth-order valence-corrected chi connectivity index (χ4v) is 4.82. The van der Waals surface area contributed by atoms with Crippen molar-refractivity contribution in [3.8, 4) is 0 Å². The number of hydrogen-bond acceptors (Lipinski definition) is 5. The van der Waals surface area contributed by atoms with Gasteiger partial charge in [0.1, 0.15) is 17.5 Å². The van der Waals surface area contributed by atoms with Gasteiger partial charge < -0.3 is 10.2 Å². The van der Waals surface area contributed by atoms with Crippen LogP contribution in [0.25, 0.3) is 0 Å². The Morgan fingerprint density at radius 3 is 2.37 bits per heavy atom. The number of hydrogen-bond donors (Lipinski definition) is 1. The molecule has 1 heterocycles. The van der Waals surface area contributed by atoms with Crippen LogP contribution in [-0.4, -0.2) is 55.0 Å². The van der Waals surface area contributed by atoms with E-state index >= 15 is 0 Å². The summed E-state index contributed by atoms with van der Waals surface area (Å²) < 4.78 is 26.0. The summed E-state index contributed by atoms with van der Waals surface area (Å²) in [6.07, 6.45) is 0. The van der Waals surface area contributed by atoms with Crippen molar-refractivity contribution in [2.75, 3.05) is 13.6 Å². The average Bonchev–Trinajstić information content (AvgIpc) is 2.93. The molecule has 3 rings (SSSR count). The SMILES string of the molecule is CNC(=O)[C@H](C)N(Cc1ccc(Cl)cc1)C(=O)CN1C(=O)c2ccccc2S1(=O)=O. The molecule has 10 heteroatoms. The van der Waals surface area contributed by atoms with E-state index in [2.05, 4.69) is 5.32 Å². The van der Waals surface area contributed by atoms with Crippen LogP contribution in [0, 0.1) is 0 Å². The van der Waals surface area contributed by atoms with Gasteiger partial charge in [0.15, 0.2) is 0 Å². The van der Waals surface area contributed by atoms with E-state index in [-0.39, 0.29) is 17.0 Å². The lowest BCUT2D eigenvalue weighted by Gasteiger charge is -2.29. The first-order valence-electron chi connectivity index (χ1n) is 9.08. The van der Waals surface area contributed by atoms with Gasteiger partial charge in [-0.25, -0.2) is 12.7 Å². The molecule has 3 amide bonds. The van der Waals surface area contributed by atoms with Crippen molar-refractivity contribution in [3.63, 3.8) is 0 Å². The van der Waals surface area contributed by atoms with Crippen molar-refractivity contribution >= 4 is 39.3 Å². The Bertz CT molecular complexity index is 1100. The van der Waals surface area contributed by atoms with Gasteiger partial charge in [-0.05, 0) is 36.8 Å². The lowest BCUT2D eigenvalue weighted by atomic mass is 10.1. The number of benzene rings is 2. The van der Waals surface area contributed by atoms with Gasteiger partial charge >= 0.3 is 0 Å². The van der Waals surface area contributed by atoms with Crippen LogP contribution in [-0.2, 0) is 26.2 Å². The van der Waals surface area contributed by atoms with Gasteiger partial charge in [-0.15, -0.1) is 0 Å². The molecule has 2 aromatic carbocycles. The molecule has 0 radical (unpaired) electrons. The Morgan fingerprint density at radius 2 is 1.77 bits per heavy atom. The molecule has 1 aliphatic heterocycles. The van der Waals surface area contributed by atoms with Crippen LogP contribution in [0.3, 0.4) is 0 Å². The van der Waals surface area contributed by atoms with Crippen LogP contribution < -0.4 is 5.32 Å². The largest absolute Gasteiger partial charge is 0.357 e. The molecule has 0 unspecified atom stereocenters. The number of rotatable bonds is 6. The van der Waals surface area contributed by atoms with Gasteiger partial charge in [-0.1, -0.05) is 35.9 Å². The number of amides is 3. The van der Waals surface area contributed by atoms with E-state index in [1.54, 1.807) is 30.3 Å². The van der Waals surface area contributed by atoms with E-state index in [0.29, 0.717) is 14.9 Å². The number of carbonyl (C=O) groups is 3. The van der Waals surface area contributed by atoms with Crippen LogP contribution in [0.5, 0.6) is 0 Å². The topological polar surface area (TPSA) is 104 Å². The standard InChI is InChI=1S/C20H20ClN3O5S/c1-13(19(26)22-2)23(11-14-7-9-15(21)10-8-14)18(25)12-24-20(27)16-5-3-4-6-17(16)30(24,28)29/h3-10,13H,11-12H2,1-2H3,(H,22,26)/t13-/m0/s1. The third kappa shape index (κ3) is 4.03. The smallest absolute Gasteiger partial charge is 0.269 e. The second-order valence-corrected chi connectivity index (χ2v) is 9.02. The van der Waals surface area contributed by atoms with Crippen LogP contribution in [0.2, 0.25) is 5.02 Å². The van der Waals surface area contributed by atoms with Crippen LogP contribution in [0.15, 0.2) is 53.4 Å². The van der Waals surface area contributed by atoms with E-state index in [9.17, 15) is 22.8 Å². The zero-order chi connectivity index (χ0) is 22.1. The molecule has 0 saturated heterocycles. The number of nitrogens with one attached hydrogen (secondary N) is 1. The first kappa shape index (κ1) is 21.8. The van der Waals surface area contributed by atoms with Gasteiger partial charge in [0.05, 0.1) is 5.56 Å². The lowest BCUT2D eigenvalue weighted by molar-refractivity contribution is -0.140. The molecular weight excluding hydrogens is 430 g/mol. The molecule has 2 aromatic rings. The molecule has 1 N–H and O–H groups in total. The summed E-state index contributed by atoms with van der Waals surface area (Å²) in [4.78, 5) is 39.0. The summed E-state index contributed by atoms with van der Waals surface area (Å²) >= 11 is 5.90. The molecule has 0 bridgehead atoms. The van der Waals surface area contributed by atoms with Crippen LogP contribution in [0.1, 0.15) is 22.8 Å². The fourth-order valence-electron chi connectivity index (χ4n) is 3.18. The molecule has 0 saturated carbocycles. The minimum atomic E-state index is -4.14. The summed E-state index contributed by atoms with van der Waals surface area (Å²) in [5.41, 5.74) is 0.719. The van der Waals surface area contributed by atoms with E-state index < -0.39 is 40.3 Å². The Balaban J connectivity index is 1.89. The molecule has 0 aliphatic carbocycles. The highest BCUT2D eigenvalue weighted by molar-refractivity contribution is 7.90. The van der Waals surface area contributed by atoms with Gasteiger partial charge in [-0.2, -0.15) is 0 Å². The predicted molar refractivity (Wildman–Crippen MR) is 110 cm³/mol. The number of likely N-dealkylation sites (N-methyl/N-ethyl adjacent to an activating group) is 1. The van der Waals surface area contributed by atoms with Crippen molar-refractivity contribution in [2.24, 2.45) is 0 Å². The average molecular weight is 450 g/mol. The van der Waals surface area contributed by atoms with Gasteiger partial charge in [0.2, 0.25) is 11.8 Å². The second kappa shape index (κ2) is 8.45. The Labute approximate surface area is 179 Å². The maximum absolute atomic E-state index is 13.1. The summed E-state index contributed by atoms with van der Waals surface area (Å²) in [6, 6.07) is 11.6. The molecular formula is C20H20ClN3O5S. The second-order valence-electron chi connectivity index (χ2n) is 6.75. The number of nitrogens with zero attached hydrogens (tertiary/aromatic N) is 2. The van der Waals surface area contributed by atoms with Crippen LogP contribution >= 0.6 is 11.6 Å². The zero-order valence-electron chi connectivity index (χ0n) is 16.3. The monoisotopic (exact) mass is 449 g/mol. The molecule has 30 heavy (non-hydrogen) atoms. The molecule has 0 aromatic heterocycles. The van der Waals surface area contributed by atoms with Gasteiger partial charge in [-0.3, -0.25) is 14.4 Å². The van der Waals surface area contributed by atoms with Gasteiger partial charge in [0, 0.05) is 18.6 Å². The summed E-state index contributed by atoms with van der Waals surface area (Å²) in [7, 11) is -2.70. The summed E-state index contributed by atoms with van der Waals surface area (Å²) in [5, 5.41) is 2.99. The minimum absolute atomic E-state index is 0.0221. The minimum Gasteiger partial charge on any atom is -0.357 e. The van der Waals surface area contributed by atoms with Crippen LogP contribution in [0.4, 0.5) is 0 Å². The molecule has 0 spiro atoms. The lowest BCUT2D eigenvalue weighted by Crippen LogP contribution is -2.50. The first-order valence-corrected chi connectivity index (χ1v) is 10.9. The van der Waals surface area contributed by atoms with E-state index in [0.717, 1.165) is 0 Å². The highest BCUT2D eigenvalue weighted by Gasteiger charge is 2.43. The van der Waals surface area contributed by atoms with Crippen molar-refractivity contribution in [1.29, 1.82) is 0 Å². The third-order valence-corrected chi connectivity index (χ3v) is 6.91. The van der Waals surface area contributed by atoms with Crippen molar-refractivity contribution < 1.29 is 22.8 Å². The van der Waals surface area contributed by atoms with Crippen molar-refractivity contribution in [3.05, 3.63) is 64.7 Å².